The van der Waals surface area contributed by atoms with Crippen LogP contribution in [-0.2, 0) is 34.5 Å². The maximum atomic E-state index is 12.2. The van der Waals surface area contributed by atoms with E-state index < -0.39 is 0 Å². The summed E-state index contributed by atoms with van der Waals surface area (Å²) in [5.41, 5.74) is 2.72. The second kappa shape index (κ2) is 7.50. The molecule has 2 aromatic rings. The summed E-state index contributed by atoms with van der Waals surface area (Å²) >= 11 is 0. The predicted molar refractivity (Wildman–Crippen MR) is 84.9 cm³/mol. The normalized spacial score (nSPS) is 16.9. The molecule has 2 aromatic heterocycles. The monoisotopic (exact) mass is 331 g/mol. The summed E-state index contributed by atoms with van der Waals surface area (Å²) in [6, 6.07) is 5.73. The number of aryl methyl sites for hydroxylation is 1. The number of nitrogens with zero attached hydrogens (tertiary/aromatic N) is 5. The van der Waals surface area contributed by atoms with Crippen LogP contribution in [0.15, 0.2) is 24.4 Å². The van der Waals surface area contributed by atoms with Crippen molar-refractivity contribution in [2.45, 2.75) is 19.1 Å². The molecule has 1 aliphatic heterocycles. The fourth-order valence-corrected chi connectivity index (χ4v) is 2.94. The topological polar surface area (TPSA) is 82.4 Å². The predicted octanol–water partition coefficient (Wildman–Crippen LogP) is 0.499. The first-order valence-electron chi connectivity index (χ1n) is 7.82. The molecule has 0 saturated carbocycles. The van der Waals surface area contributed by atoms with Gasteiger partial charge in [0.1, 0.15) is 12.3 Å². The van der Waals surface area contributed by atoms with Gasteiger partial charge in [0.05, 0.1) is 31.1 Å². The maximum absolute atomic E-state index is 12.2. The van der Waals surface area contributed by atoms with Gasteiger partial charge in [-0.15, -0.1) is 5.10 Å². The number of hydrogen-bond donors (Lipinski definition) is 0. The van der Waals surface area contributed by atoms with Crippen molar-refractivity contribution in [3.8, 4) is 0 Å². The minimum atomic E-state index is -0.0523. The number of amides is 1. The van der Waals surface area contributed by atoms with Crippen molar-refractivity contribution in [2.24, 2.45) is 7.05 Å². The van der Waals surface area contributed by atoms with E-state index in [-0.39, 0.29) is 18.4 Å². The van der Waals surface area contributed by atoms with Gasteiger partial charge in [-0.1, -0.05) is 11.3 Å². The highest BCUT2D eigenvalue weighted by Gasteiger charge is 2.32. The molecule has 0 aliphatic carbocycles. The lowest BCUT2D eigenvalue weighted by atomic mass is 9.99. The standard InChI is InChI=1S/C16H21N5O3/c1-20-16-12(9-24-10-13-5-3-4-6-17-13)7-21(15(22)11-23-2)8-14(16)18-19-20/h3-6,12H,7-11H2,1-2H3/t12-/m0/s1. The van der Waals surface area contributed by atoms with Crippen LogP contribution in [0.3, 0.4) is 0 Å². The highest BCUT2D eigenvalue weighted by molar-refractivity contribution is 5.77. The molecular formula is C16H21N5O3. The summed E-state index contributed by atoms with van der Waals surface area (Å²) < 4.78 is 12.5. The molecule has 128 valence electrons. The van der Waals surface area contributed by atoms with E-state index >= 15 is 0 Å². The van der Waals surface area contributed by atoms with Crippen LogP contribution in [0.4, 0.5) is 0 Å². The molecule has 0 radical (unpaired) electrons. The second-order valence-corrected chi connectivity index (χ2v) is 5.79. The number of carbonyl (C=O) groups excluding carboxylic acids is 1. The number of aromatic nitrogens is 4. The quantitative estimate of drug-likeness (QED) is 0.766. The number of methoxy groups -OCH3 is 1. The number of carbonyl (C=O) groups is 1. The summed E-state index contributed by atoms with van der Waals surface area (Å²) in [7, 11) is 3.38. The molecule has 3 rings (SSSR count). The van der Waals surface area contributed by atoms with Gasteiger partial charge in [-0.3, -0.25) is 14.5 Å². The average molecular weight is 331 g/mol. The van der Waals surface area contributed by atoms with Crippen LogP contribution in [0.5, 0.6) is 0 Å². The first kappa shape index (κ1) is 16.5. The van der Waals surface area contributed by atoms with Gasteiger partial charge in [0, 0.05) is 32.8 Å². The van der Waals surface area contributed by atoms with Gasteiger partial charge in [0.25, 0.3) is 0 Å². The molecule has 1 aliphatic rings. The lowest BCUT2D eigenvalue weighted by molar-refractivity contribution is -0.136. The van der Waals surface area contributed by atoms with Gasteiger partial charge < -0.3 is 14.4 Å². The molecule has 3 heterocycles. The smallest absolute Gasteiger partial charge is 0.248 e. The second-order valence-electron chi connectivity index (χ2n) is 5.79. The lowest BCUT2D eigenvalue weighted by Crippen LogP contribution is -2.41. The minimum Gasteiger partial charge on any atom is -0.375 e. The van der Waals surface area contributed by atoms with E-state index in [0.717, 1.165) is 17.1 Å². The van der Waals surface area contributed by atoms with E-state index in [1.54, 1.807) is 15.8 Å². The largest absolute Gasteiger partial charge is 0.375 e. The Kier molecular flexibility index (Phi) is 5.17. The van der Waals surface area contributed by atoms with Crippen LogP contribution >= 0.6 is 0 Å². The first-order chi connectivity index (χ1) is 11.7. The van der Waals surface area contributed by atoms with Crippen molar-refractivity contribution in [3.63, 3.8) is 0 Å². The SMILES string of the molecule is COCC(=O)N1Cc2nnn(C)c2[C@H](COCc2ccccn2)C1. The van der Waals surface area contributed by atoms with E-state index in [1.165, 1.54) is 7.11 Å². The summed E-state index contributed by atoms with van der Waals surface area (Å²) in [6.45, 7) is 2.00. The Morgan fingerprint density at radius 1 is 1.42 bits per heavy atom. The molecule has 0 saturated heterocycles. The molecule has 0 unspecified atom stereocenters. The van der Waals surface area contributed by atoms with Crippen molar-refractivity contribution in [3.05, 3.63) is 41.5 Å². The van der Waals surface area contributed by atoms with Crippen LogP contribution in [0.2, 0.25) is 0 Å². The summed E-state index contributed by atoms with van der Waals surface area (Å²) in [5, 5.41) is 8.26. The zero-order valence-electron chi connectivity index (χ0n) is 13.9. The van der Waals surface area contributed by atoms with Gasteiger partial charge in [0.15, 0.2) is 0 Å². The number of pyridine rings is 1. The molecule has 8 nitrogen and oxygen atoms in total. The van der Waals surface area contributed by atoms with Crippen molar-refractivity contribution < 1.29 is 14.3 Å². The first-order valence-corrected chi connectivity index (χ1v) is 7.82. The summed E-state index contributed by atoms with van der Waals surface area (Å²) in [5.74, 6) is -0.0261. The lowest BCUT2D eigenvalue weighted by Gasteiger charge is -2.32. The molecule has 0 aromatic carbocycles. The van der Waals surface area contributed by atoms with E-state index in [9.17, 15) is 4.79 Å². The van der Waals surface area contributed by atoms with Crippen molar-refractivity contribution in [1.82, 2.24) is 24.9 Å². The average Bonchev–Trinajstić information content (AvgIpc) is 2.97. The Morgan fingerprint density at radius 3 is 3.04 bits per heavy atom. The number of ether oxygens (including phenoxy) is 2. The molecular weight excluding hydrogens is 310 g/mol. The molecule has 0 spiro atoms. The molecule has 0 fully saturated rings. The molecule has 8 heteroatoms. The molecule has 0 N–H and O–H groups in total. The number of hydrogen-bond acceptors (Lipinski definition) is 6. The van der Waals surface area contributed by atoms with E-state index in [4.69, 9.17) is 9.47 Å². The van der Waals surface area contributed by atoms with Gasteiger partial charge in [0.2, 0.25) is 5.91 Å². The van der Waals surface area contributed by atoms with Gasteiger partial charge in [-0.25, -0.2) is 0 Å². The van der Waals surface area contributed by atoms with Crippen molar-refractivity contribution in [1.29, 1.82) is 0 Å². The van der Waals surface area contributed by atoms with E-state index in [0.29, 0.717) is 26.3 Å². The van der Waals surface area contributed by atoms with Crippen LogP contribution < -0.4 is 0 Å². The Balaban J connectivity index is 1.68. The third-order valence-corrected chi connectivity index (χ3v) is 4.03. The summed E-state index contributed by atoms with van der Waals surface area (Å²) in [4.78, 5) is 18.1. The Bertz CT molecular complexity index is 688. The number of fused-ring (bicyclic) bond motifs is 1. The van der Waals surface area contributed by atoms with Crippen LogP contribution in [0.1, 0.15) is 23.0 Å². The van der Waals surface area contributed by atoms with Gasteiger partial charge >= 0.3 is 0 Å². The van der Waals surface area contributed by atoms with Crippen LogP contribution in [0, 0.1) is 0 Å². The van der Waals surface area contributed by atoms with Crippen molar-refractivity contribution >= 4 is 5.91 Å². The highest BCUT2D eigenvalue weighted by atomic mass is 16.5. The Hall–Kier alpha value is -2.32. The third kappa shape index (κ3) is 3.60. The summed E-state index contributed by atoms with van der Waals surface area (Å²) in [6.07, 6.45) is 1.74. The molecule has 0 bridgehead atoms. The van der Waals surface area contributed by atoms with E-state index in [1.807, 2.05) is 25.2 Å². The zero-order valence-corrected chi connectivity index (χ0v) is 13.9. The van der Waals surface area contributed by atoms with Gasteiger partial charge in [-0.2, -0.15) is 0 Å². The zero-order chi connectivity index (χ0) is 16.9. The maximum Gasteiger partial charge on any atom is 0.248 e. The van der Waals surface area contributed by atoms with Gasteiger partial charge in [-0.05, 0) is 12.1 Å². The Morgan fingerprint density at radius 2 is 2.29 bits per heavy atom. The number of rotatable bonds is 6. The Labute approximate surface area is 140 Å². The fraction of sp³-hybridized carbons (Fsp3) is 0.500. The van der Waals surface area contributed by atoms with Crippen molar-refractivity contribution in [2.75, 3.05) is 26.9 Å². The van der Waals surface area contributed by atoms with E-state index in [2.05, 4.69) is 15.3 Å². The minimum absolute atomic E-state index is 0.0262. The molecule has 1 atom stereocenters. The third-order valence-electron chi connectivity index (χ3n) is 4.03. The molecule has 24 heavy (non-hydrogen) atoms. The van der Waals surface area contributed by atoms with Crippen LogP contribution in [0.25, 0.3) is 0 Å². The fourth-order valence-electron chi connectivity index (χ4n) is 2.94. The highest BCUT2D eigenvalue weighted by Crippen LogP contribution is 2.27. The van der Waals surface area contributed by atoms with Crippen LogP contribution in [-0.4, -0.2) is 57.7 Å². The molecule has 1 amide bonds.